The second kappa shape index (κ2) is 6.93. The van der Waals surface area contributed by atoms with Crippen LogP contribution in [0.1, 0.15) is 62.2 Å². The molecule has 2 atom stereocenters. The first-order chi connectivity index (χ1) is 12.9. The maximum absolute atomic E-state index is 12.4. The number of Topliss-reactive ketones (excluding diaryl/α,β-unsaturated/α-hetero) is 1. The first-order valence-electron chi connectivity index (χ1n) is 9.19. The third kappa shape index (κ3) is 3.41. The van der Waals surface area contributed by atoms with E-state index in [0.29, 0.717) is 16.4 Å². The van der Waals surface area contributed by atoms with Crippen molar-refractivity contribution in [3.8, 4) is 0 Å². The van der Waals surface area contributed by atoms with Gasteiger partial charge in [0, 0.05) is 16.1 Å². The summed E-state index contributed by atoms with van der Waals surface area (Å²) in [6, 6.07) is 7.00. The Morgan fingerprint density at radius 2 is 2.07 bits per heavy atom. The van der Waals surface area contributed by atoms with Crippen LogP contribution in [0.15, 0.2) is 24.3 Å². The first-order valence-corrected chi connectivity index (χ1v) is 10.0. The minimum Gasteiger partial charge on any atom is -0.453 e. The van der Waals surface area contributed by atoms with Gasteiger partial charge in [-0.1, -0.05) is 6.92 Å². The Hall–Kier alpha value is -2.47. The first kappa shape index (κ1) is 17.9. The third-order valence-corrected chi connectivity index (χ3v) is 6.57. The summed E-state index contributed by atoms with van der Waals surface area (Å²) in [6.07, 6.45) is 3.15. The topological polar surface area (TPSA) is 72.5 Å². The van der Waals surface area contributed by atoms with Crippen molar-refractivity contribution in [2.75, 3.05) is 11.9 Å². The van der Waals surface area contributed by atoms with Crippen molar-refractivity contribution >= 4 is 34.7 Å². The van der Waals surface area contributed by atoms with Gasteiger partial charge >= 0.3 is 5.97 Å². The molecule has 1 aromatic heterocycles. The monoisotopic (exact) mass is 383 g/mol. The number of anilines is 1. The Kier molecular flexibility index (Phi) is 4.60. The molecule has 2 aliphatic rings. The largest absolute Gasteiger partial charge is 0.453 e. The molecule has 0 saturated heterocycles. The molecule has 1 N–H and O–H groups in total. The molecule has 2 heterocycles. The zero-order chi connectivity index (χ0) is 19.1. The van der Waals surface area contributed by atoms with Crippen LogP contribution in [0, 0.1) is 5.92 Å². The molecule has 0 spiro atoms. The molecule has 140 valence electrons. The SMILES string of the molecule is C[C@@H]1CCc2sc(C(=O)OCC(=O)c3ccc4c(c3)[C@@H](C)C(=O)N4)cc2C1. The predicted molar refractivity (Wildman–Crippen MR) is 104 cm³/mol. The van der Waals surface area contributed by atoms with Gasteiger partial charge in [0.2, 0.25) is 5.91 Å². The molecule has 0 radical (unpaired) electrons. The minimum absolute atomic E-state index is 0.0722. The van der Waals surface area contributed by atoms with Gasteiger partial charge in [-0.2, -0.15) is 0 Å². The van der Waals surface area contributed by atoms with Crippen molar-refractivity contribution < 1.29 is 19.1 Å². The molecule has 1 amide bonds. The third-order valence-electron chi connectivity index (χ3n) is 5.36. The van der Waals surface area contributed by atoms with Crippen LogP contribution in [0.25, 0.3) is 0 Å². The van der Waals surface area contributed by atoms with Crippen molar-refractivity contribution in [3.05, 3.63) is 50.7 Å². The summed E-state index contributed by atoms with van der Waals surface area (Å²) in [7, 11) is 0. The molecule has 1 aromatic carbocycles. The second-order valence-electron chi connectivity index (χ2n) is 7.42. The summed E-state index contributed by atoms with van der Waals surface area (Å²) in [5.74, 6) is -0.428. The average molecular weight is 383 g/mol. The fourth-order valence-corrected chi connectivity index (χ4v) is 4.78. The van der Waals surface area contributed by atoms with Gasteiger partial charge in [-0.3, -0.25) is 9.59 Å². The van der Waals surface area contributed by atoms with Gasteiger partial charge in [-0.25, -0.2) is 4.79 Å². The van der Waals surface area contributed by atoms with E-state index in [1.807, 2.05) is 6.07 Å². The number of carbonyl (C=O) groups is 3. The average Bonchev–Trinajstić information content (AvgIpc) is 3.20. The highest BCUT2D eigenvalue weighted by Crippen LogP contribution is 2.34. The summed E-state index contributed by atoms with van der Waals surface area (Å²) in [5.41, 5.74) is 3.22. The fraction of sp³-hybridized carbons (Fsp3) is 0.381. The number of aryl methyl sites for hydroxylation is 1. The number of benzene rings is 1. The summed E-state index contributed by atoms with van der Waals surface area (Å²) >= 11 is 1.48. The highest BCUT2D eigenvalue weighted by Gasteiger charge is 2.27. The molecule has 27 heavy (non-hydrogen) atoms. The van der Waals surface area contributed by atoms with Crippen molar-refractivity contribution in [3.63, 3.8) is 0 Å². The number of amides is 1. The van der Waals surface area contributed by atoms with Gasteiger partial charge in [0.1, 0.15) is 4.88 Å². The molecule has 1 aliphatic carbocycles. The molecule has 0 saturated carbocycles. The van der Waals surface area contributed by atoms with Crippen LogP contribution in [-0.2, 0) is 22.4 Å². The number of ether oxygens (including phenoxy) is 1. The van der Waals surface area contributed by atoms with Crippen LogP contribution in [0.3, 0.4) is 0 Å². The summed E-state index contributed by atoms with van der Waals surface area (Å²) in [6.45, 7) is 3.72. The van der Waals surface area contributed by atoms with Crippen molar-refractivity contribution in [2.24, 2.45) is 5.92 Å². The molecular formula is C21H21NO4S. The van der Waals surface area contributed by atoms with E-state index in [1.165, 1.54) is 21.8 Å². The predicted octanol–water partition coefficient (Wildman–Crippen LogP) is 3.97. The number of fused-ring (bicyclic) bond motifs is 2. The summed E-state index contributed by atoms with van der Waals surface area (Å²) in [5, 5.41) is 2.78. The van der Waals surface area contributed by atoms with E-state index in [1.54, 1.807) is 25.1 Å². The molecule has 0 bridgehead atoms. The smallest absolute Gasteiger partial charge is 0.348 e. The van der Waals surface area contributed by atoms with Crippen molar-refractivity contribution in [1.29, 1.82) is 0 Å². The zero-order valence-corrected chi connectivity index (χ0v) is 16.2. The van der Waals surface area contributed by atoms with Crippen LogP contribution >= 0.6 is 11.3 Å². The van der Waals surface area contributed by atoms with E-state index in [9.17, 15) is 14.4 Å². The Labute approximate surface area is 161 Å². The van der Waals surface area contributed by atoms with E-state index < -0.39 is 5.97 Å². The highest BCUT2D eigenvalue weighted by atomic mass is 32.1. The lowest BCUT2D eigenvalue weighted by Gasteiger charge is -2.16. The molecule has 2 aromatic rings. The van der Waals surface area contributed by atoms with Gasteiger partial charge in [0.15, 0.2) is 12.4 Å². The lowest BCUT2D eigenvalue weighted by atomic mass is 9.90. The number of thiophene rings is 1. The van der Waals surface area contributed by atoms with Gasteiger partial charge in [0.05, 0.1) is 5.92 Å². The second-order valence-corrected chi connectivity index (χ2v) is 8.56. The quantitative estimate of drug-likeness (QED) is 0.640. The van der Waals surface area contributed by atoms with Crippen molar-refractivity contribution in [1.82, 2.24) is 0 Å². The number of rotatable bonds is 4. The van der Waals surface area contributed by atoms with E-state index in [-0.39, 0.29) is 24.2 Å². The van der Waals surface area contributed by atoms with E-state index in [2.05, 4.69) is 12.2 Å². The van der Waals surface area contributed by atoms with Crippen LogP contribution in [0.4, 0.5) is 5.69 Å². The van der Waals surface area contributed by atoms with Gasteiger partial charge in [-0.15, -0.1) is 11.3 Å². The van der Waals surface area contributed by atoms with E-state index in [4.69, 9.17) is 4.74 Å². The number of hydrogen-bond acceptors (Lipinski definition) is 5. The van der Waals surface area contributed by atoms with Gasteiger partial charge in [0.25, 0.3) is 0 Å². The van der Waals surface area contributed by atoms with Crippen LogP contribution in [0.5, 0.6) is 0 Å². The molecule has 4 rings (SSSR count). The van der Waals surface area contributed by atoms with Gasteiger partial charge in [-0.05, 0) is 67.5 Å². The molecule has 0 fully saturated rings. The number of carbonyl (C=O) groups excluding carboxylic acids is 3. The summed E-state index contributed by atoms with van der Waals surface area (Å²) < 4.78 is 5.26. The summed E-state index contributed by atoms with van der Waals surface area (Å²) in [4.78, 5) is 38.3. The lowest BCUT2D eigenvalue weighted by Crippen LogP contribution is -2.14. The molecule has 6 heteroatoms. The number of ketones is 1. The highest BCUT2D eigenvalue weighted by molar-refractivity contribution is 7.14. The van der Waals surface area contributed by atoms with Crippen LogP contribution < -0.4 is 5.32 Å². The molecule has 0 unspecified atom stereocenters. The standard InChI is InChI=1S/C21H21NO4S/c1-11-3-6-18-14(7-11)9-19(27-18)21(25)26-10-17(23)13-4-5-16-15(8-13)12(2)20(24)22-16/h4-5,8-9,11-12H,3,6-7,10H2,1-2H3,(H,22,24)/t11-,12-/m1/s1. The van der Waals surface area contributed by atoms with Crippen molar-refractivity contribution in [2.45, 2.75) is 39.0 Å². The molecular weight excluding hydrogens is 362 g/mol. The van der Waals surface area contributed by atoms with Crippen LogP contribution in [-0.4, -0.2) is 24.3 Å². The molecule has 5 nitrogen and oxygen atoms in total. The maximum atomic E-state index is 12.4. The lowest BCUT2D eigenvalue weighted by molar-refractivity contribution is -0.116. The Morgan fingerprint density at radius 1 is 1.26 bits per heavy atom. The maximum Gasteiger partial charge on any atom is 0.348 e. The number of nitrogens with one attached hydrogen (secondary N) is 1. The van der Waals surface area contributed by atoms with Gasteiger partial charge < -0.3 is 10.1 Å². The number of esters is 1. The minimum atomic E-state index is -0.443. The Balaban J connectivity index is 1.41. The van der Waals surface area contributed by atoms with E-state index >= 15 is 0 Å². The normalized spacial score (nSPS) is 20.6. The zero-order valence-electron chi connectivity index (χ0n) is 15.3. The number of hydrogen-bond donors (Lipinski definition) is 1. The Morgan fingerprint density at radius 3 is 2.89 bits per heavy atom. The van der Waals surface area contributed by atoms with E-state index in [0.717, 1.165) is 30.5 Å². The fourth-order valence-electron chi connectivity index (χ4n) is 3.68. The van der Waals surface area contributed by atoms with Crippen LogP contribution in [0.2, 0.25) is 0 Å². The Bertz CT molecular complexity index is 946. The molecule has 1 aliphatic heterocycles.